The number of benzene rings is 3. The van der Waals surface area contributed by atoms with Crippen LogP contribution in [0.2, 0.25) is 5.02 Å². The van der Waals surface area contributed by atoms with Crippen LogP contribution in [-0.4, -0.2) is 13.0 Å². The highest BCUT2D eigenvalue weighted by Gasteiger charge is 2.21. The summed E-state index contributed by atoms with van der Waals surface area (Å²) in [5, 5.41) is 0.490. The van der Waals surface area contributed by atoms with Crippen LogP contribution in [0.1, 0.15) is 18.1 Å². The van der Waals surface area contributed by atoms with Gasteiger partial charge in [0.15, 0.2) is 11.6 Å². The maximum atomic E-state index is 14.5. The summed E-state index contributed by atoms with van der Waals surface area (Å²) in [6.45, 7) is 1.79. The minimum absolute atomic E-state index is 0.0354. The molecule has 0 N–H and O–H groups in total. The Morgan fingerprint density at radius 1 is 0.938 bits per heavy atom. The van der Waals surface area contributed by atoms with E-state index in [1.807, 2.05) is 0 Å². The first-order valence-corrected chi connectivity index (χ1v) is 10.0. The minimum Gasteiger partial charge on any atom is -0.494 e. The second-order valence-corrected chi connectivity index (χ2v) is 6.99. The van der Waals surface area contributed by atoms with Gasteiger partial charge >= 0.3 is 0 Å². The Labute approximate surface area is 187 Å². The van der Waals surface area contributed by atoms with Crippen molar-refractivity contribution in [3.05, 3.63) is 94.7 Å². The Bertz CT molecular complexity index is 1070. The summed E-state index contributed by atoms with van der Waals surface area (Å²) in [6, 6.07) is 14.2. The van der Waals surface area contributed by atoms with E-state index in [4.69, 9.17) is 25.8 Å². The lowest BCUT2D eigenvalue weighted by Crippen LogP contribution is -2.03. The maximum absolute atomic E-state index is 14.5. The number of ether oxygens (including phenoxy) is 3. The van der Waals surface area contributed by atoms with Crippen molar-refractivity contribution in [1.82, 2.24) is 0 Å². The average Bonchev–Trinajstić information content (AvgIpc) is 2.77. The largest absolute Gasteiger partial charge is 0.494 e. The highest BCUT2D eigenvalue weighted by atomic mass is 35.5. The fourth-order valence-electron chi connectivity index (χ4n) is 2.79. The van der Waals surface area contributed by atoms with Crippen LogP contribution in [0, 0.1) is 5.82 Å². The van der Waals surface area contributed by atoms with Gasteiger partial charge in [0.2, 0.25) is 0 Å². The predicted octanol–water partition coefficient (Wildman–Crippen LogP) is 7.79. The first-order chi connectivity index (χ1) is 15.4. The smallest absolute Gasteiger partial charge is 0.282 e. The van der Waals surface area contributed by atoms with Crippen LogP contribution in [0.5, 0.6) is 17.2 Å². The molecule has 0 unspecified atom stereocenters. The van der Waals surface area contributed by atoms with Crippen molar-refractivity contribution in [2.24, 2.45) is 0 Å². The molecule has 0 aromatic heterocycles. The molecule has 0 spiro atoms. The van der Waals surface area contributed by atoms with Gasteiger partial charge in [-0.3, -0.25) is 0 Å². The van der Waals surface area contributed by atoms with Crippen molar-refractivity contribution in [2.45, 2.75) is 20.0 Å². The molecule has 0 radical (unpaired) electrons. The van der Waals surface area contributed by atoms with Gasteiger partial charge in [-0.2, -0.15) is 4.39 Å². The Hall–Kier alpha value is -3.19. The fourth-order valence-corrected chi connectivity index (χ4v) is 2.92. The Balaban J connectivity index is 1.76. The van der Waals surface area contributed by atoms with Gasteiger partial charge in [0.05, 0.1) is 12.2 Å². The van der Waals surface area contributed by atoms with Crippen LogP contribution in [0.3, 0.4) is 0 Å². The molecule has 0 bridgehead atoms. The Morgan fingerprint density at radius 2 is 1.59 bits per heavy atom. The van der Waals surface area contributed by atoms with E-state index < -0.39 is 30.4 Å². The summed E-state index contributed by atoms with van der Waals surface area (Å²) in [7, 11) is 0. The quantitative estimate of drug-likeness (QED) is 0.238. The van der Waals surface area contributed by atoms with Gasteiger partial charge in [-0.15, -0.1) is 0 Å². The van der Waals surface area contributed by atoms with Gasteiger partial charge in [0.25, 0.3) is 12.4 Å². The molecule has 0 fully saturated rings. The van der Waals surface area contributed by atoms with E-state index in [0.717, 1.165) is 6.07 Å². The molecule has 3 rings (SSSR count). The number of rotatable bonds is 9. The van der Waals surface area contributed by atoms with Crippen LogP contribution in [0.4, 0.5) is 17.6 Å². The number of hydrogen-bond donors (Lipinski definition) is 0. The van der Waals surface area contributed by atoms with E-state index in [-0.39, 0.29) is 11.3 Å². The molecule has 0 aliphatic heterocycles. The first-order valence-electron chi connectivity index (χ1n) is 9.63. The molecule has 0 aliphatic carbocycles. The second-order valence-electron chi connectivity index (χ2n) is 6.55. The molecule has 3 aromatic carbocycles. The molecule has 0 aliphatic rings. The maximum Gasteiger partial charge on any atom is 0.282 e. The zero-order valence-corrected chi connectivity index (χ0v) is 17.7. The summed E-state index contributed by atoms with van der Waals surface area (Å²) in [6.07, 6.45) is -3.11. The predicted molar refractivity (Wildman–Crippen MR) is 114 cm³/mol. The van der Waals surface area contributed by atoms with Crippen LogP contribution in [0.25, 0.3) is 5.57 Å². The second kappa shape index (κ2) is 10.9. The average molecular weight is 467 g/mol. The van der Waals surface area contributed by atoms with E-state index in [0.29, 0.717) is 28.7 Å². The van der Waals surface area contributed by atoms with E-state index in [2.05, 4.69) is 0 Å². The molecule has 3 nitrogen and oxygen atoms in total. The molecule has 0 amide bonds. The van der Waals surface area contributed by atoms with Crippen molar-refractivity contribution in [3.63, 3.8) is 0 Å². The van der Waals surface area contributed by atoms with Crippen LogP contribution in [0.15, 0.2) is 72.7 Å². The SMILES string of the molecule is CCOc1ccc(C(=C(F)OCc2ccc(F)c(Oc3ccc(Cl)cc3)c2)C(F)F)cc1. The van der Waals surface area contributed by atoms with E-state index >= 15 is 0 Å². The highest BCUT2D eigenvalue weighted by molar-refractivity contribution is 6.30. The molecule has 0 saturated carbocycles. The Morgan fingerprint density at radius 3 is 2.22 bits per heavy atom. The Kier molecular flexibility index (Phi) is 8.00. The molecule has 0 heterocycles. The van der Waals surface area contributed by atoms with Crippen molar-refractivity contribution in [2.75, 3.05) is 6.61 Å². The summed E-state index contributed by atoms with van der Waals surface area (Å²) >= 11 is 5.81. The van der Waals surface area contributed by atoms with Crippen LogP contribution in [-0.2, 0) is 11.3 Å². The van der Waals surface area contributed by atoms with Crippen molar-refractivity contribution in [1.29, 1.82) is 0 Å². The van der Waals surface area contributed by atoms with Gasteiger partial charge in [-0.25, -0.2) is 13.2 Å². The normalized spacial score (nSPS) is 11.8. The molecule has 0 atom stereocenters. The number of halogens is 5. The standard InChI is InChI=1S/C24H19ClF4O3/c1-2-30-18-8-4-16(5-9-18)22(23(27)28)24(29)31-14-15-3-12-20(26)21(13-15)32-19-10-6-17(25)7-11-19/h3-13,23H,2,14H2,1H3. The molecule has 32 heavy (non-hydrogen) atoms. The van der Waals surface area contributed by atoms with E-state index in [1.165, 1.54) is 36.4 Å². The van der Waals surface area contributed by atoms with Crippen LogP contribution >= 0.6 is 11.6 Å². The van der Waals surface area contributed by atoms with Gasteiger partial charge < -0.3 is 14.2 Å². The van der Waals surface area contributed by atoms with Gasteiger partial charge in [-0.1, -0.05) is 29.8 Å². The van der Waals surface area contributed by atoms with Crippen molar-refractivity contribution < 1.29 is 31.8 Å². The molecule has 168 valence electrons. The number of hydrogen-bond acceptors (Lipinski definition) is 3. The molecular formula is C24H19ClF4O3. The third-order valence-electron chi connectivity index (χ3n) is 4.31. The van der Waals surface area contributed by atoms with Gasteiger partial charge in [0.1, 0.15) is 18.1 Å². The number of alkyl halides is 2. The summed E-state index contributed by atoms with van der Waals surface area (Å²) in [5.41, 5.74) is -0.592. The third kappa shape index (κ3) is 6.17. The van der Waals surface area contributed by atoms with E-state index in [9.17, 15) is 17.6 Å². The summed E-state index contributed by atoms with van der Waals surface area (Å²) < 4.78 is 71.3. The number of allylic oxidation sites excluding steroid dienone is 1. The summed E-state index contributed by atoms with van der Waals surface area (Å²) in [5.74, 6) is 0.0411. The first kappa shape index (κ1) is 23.5. The molecule has 0 saturated heterocycles. The molecular weight excluding hydrogens is 448 g/mol. The lowest BCUT2D eigenvalue weighted by Gasteiger charge is -2.12. The lowest BCUT2D eigenvalue weighted by atomic mass is 10.1. The fraction of sp³-hybridized carbons (Fsp3) is 0.167. The van der Waals surface area contributed by atoms with Crippen molar-refractivity contribution >= 4 is 17.2 Å². The van der Waals surface area contributed by atoms with Crippen LogP contribution < -0.4 is 9.47 Å². The zero-order valence-electron chi connectivity index (χ0n) is 17.0. The topological polar surface area (TPSA) is 27.7 Å². The molecule has 3 aromatic rings. The lowest BCUT2D eigenvalue weighted by molar-refractivity contribution is 0.124. The monoisotopic (exact) mass is 466 g/mol. The van der Waals surface area contributed by atoms with Crippen molar-refractivity contribution in [3.8, 4) is 17.2 Å². The zero-order chi connectivity index (χ0) is 23.1. The molecule has 8 heteroatoms. The van der Waals surface area contributed by atoms with Gasteiger partial charge in [0, 0.05) is 5.02 Å². The van der Waals surface area contributed by atoms with E-state index in [1.54, 1.807) is 31.2 Å². The third-order valence-corrected chi connectivity index (χ3v) is 4.56. The summed E-state index contributed by atoms with van der Waals surface area (Å²) in [4.78, 5) is 0. The minimum atomic E-state index is -3.11. The van der Waals surface area contributed by atoms with Gasteiger partial charge in [-0.05, 0) is 66.6 Å². The highest BCUT2D eigenvalue weighted by Crippen LogP contribution is 2.31.